The number of ether oxygens (including phenoxy) is 3. The Hall–Kier alpha value is -2.66. The molecule has 2 heterocycles. The molecule has 6 rings (SSSR count). The van der Waals surface area contributed by atoms with Gasteiger partial charge in [0.15, 0.2) is 18.9 Å². The Morgan fingerprint density at radius 2 is 1.00 bits per heavy atom. The second-order valence-corrected chi connectivity index (χ2v) is 15.5. The minimum absolute atomic E-state index is 0.647. The minimum Gasteiger partial charge on any atom is -0.394 e. The number of rotatable bonds is 10. The van der Waals surface area contributed by atoms with Gasteiger partial charge in [-0.05, 0) is 18.5 Å². The fraction of sp³-hybridized carbons (Fsp3) is 0.314. The molecular weight excluding hydrogens is 642 g/mol. The molecule has 0 radical (unpaired) electrons. The van der Waals surface area contributed by atoms with E-state index in [9.17, 15) is 30.6 Å². The van der Waals surface area contributed by atoms with Crippen molar-refractivity contribution >= 4 is 37.3 Å². The first-order valence-corrected chi connectivity index (χ1v) is 18.0. The van der Waals surface area contributed by atoms with E-state index in [2.05, 4.69) is 0 Å². The van der Waals surface area contributed by atoms with Crippen LogP contribution in [0.1, 0.15) is 0 Å². The van der Waals surface area contributed by atoms with E-state index in [1.807, 2.05) is 121 Å². The Balaban J connectivity index is 1.47. The molecule has 0 saturated carbocycles. The molecule has 12 heteroatoms. The van der Waals surface area contributed by atoms with Crippen molar-refractivity contribution in [2.45, 2.75) is 61.2 Å². The van der Waals surface area contributed by atoms with Gasteiger partial charge < -0.3 is 49.4 Å². The largest absolute Gasteiger partial charge is 0.394 e. The Morgan fingerprint density at radius 3 is 1.47 bits per heavy atom. The number of aliphatic hydroxyl groups excluding tert-OH is 6. The van der Waals surface area contributed by atoms with E-state index in [4.69, 9.17) is 18.7 Å². The average Bonchev–Trinajstić information content (AvgIpc) is 3.12. The Bertz CT molecular complexity index is 1440. The number of hydrogen-bond acceptors (Lipinski definition) is 10. The van der Waals surface area contributed by atoms with Gasteiger partial charge in [0.25, 0.3) is 0 Å². The highest BCUT2D eigenvalue weighted by Gasteiger charge is 2.54. The van der Waals surface area contributed by atoms with Crippen LogP contribution >= 0.6 is 16.1 Å². The van der Waals surface area contributed by atoms with E-state index in [1.165, 1.54) is 0 Å². The third-order valence-electron chi connectivity index (χ3n) is 8.21. The molecule has 248 valence electrons. The Morgan fingerprint density at radius 1 is 0.532 bits per heavy atom. The third-order valence-corrected chi connectivity index (χ3v) is 13.0. The molecule has 0 spiro atoms. The minimum atomic E-state index is -1.75. The quantitative estimate of drug-likeness (QED) is 0.132. The van der Waals surface area contributed by atoms with Crippen molar-refractivity contribution in [2.75, 3.05) is 6.61 Å². The topological polar surface area (TPSA) is 158 Å². The molecule has 0 amide bonds. The Kier molecular flexibility index (Phi) is 11.4. The molecule has 0 unspecified atom stereocenters. The summed E-state index contributed by atoms with van der Waals surface area (Å²) in [4.78, 5) is 0. The molecule has 6 N–H and O–H groups in total. The highest BCUT2D eigenvalue weighted by atomic mass is 31.1. The lowest BCUT2D eigenvalue weighted by atomic mass is 9.99. The maximum atomic E-state index is 11.7. The van der Waals surface area contributed by atoms with Crippen LogP contribution in [-0.4, -0.2) is 98.4 Å². The second kappa shape index (κ2) is 15.7. The van der Waals surface area contributed by atoms with Gasteiger partial charge in [-0.15, -0.1) is 0 Å². The van der Waals surface area contributed by atoms with Crippen LogP contribution in [0, 0.1) is 0 Å². The summed E-state index contributed by atoms with van der Waals surface area (Å²) in [6.45, 7) is -0.647. The molecule has 4 aromatic rings. The van der Waals surface area contributed by atoms with E-state index in [0.29, 0.717) is 0 Å². The summed E-state index contributed by atoms with van der Waals surface area (Å²) in [6.07, 6.45) is -13.5. The SMILES string of the molecule is OC[C@H]1O[C@H](O[C@H]2O[C@H](O)[C@@H](O)[C@@H](OP(c3ccccc3)c3ccccc3)[C@@H]2P(c2ccccc2)c2ccccc2)[C@H](O)[C@@H](O)[C@@H]1O. The standard InChI is InChI=1S/C35H38O10P2/c36-21-26-27(37)28(38)29(39)34(42-26)44-35-32(46(22-13-5-1-6-14-22)23-15-7-2-8-16-23)31(30(40)33(41)43-35)45-47(24-17-9-3-10-18-24)25-19-11-4-12-20-25/h1-20,26-41H,21H2/t26-,27-,28+,29-,30+,31-,32+,33+,34-,35-/m1/s1. The summed E-state index contributed by atoms with van der Waals surface area (Å²) in [5.41, 5.74) is -0.807. The fourth-order valence-electron chi connectivity index (χ4n) is 5.83. The molecule has 2 saturated heterocycles. The van der Waals surface area contributed by atoms with Crippen LogP contribution in [-0.2, 0) is 18.7 Å². The Labute approximate surface area is 275 Å². The van der Waals surface area contributed by atoms with Crippen molar-refractivity contribution in [1.29, 1.82) is 0 Å². The van der Waals surface area contributed by atoms with Crippen molar-refractivity contribution in [3.63, 3.8) is 0 Å². The number of aliphatic hydroxyl groups is 6. The first-order valence-electron chi connectivity index (χ1n) is 15.3. The predicted octanol–water partition coefficient (Wildman–Crippen LogP) is 0.773. The smallest absolute Gasteiger partial charge is 0.189 e. The summed E-state index contributed by atoms with van der Waals surface area (Å²) < 4.78 is 24.9. The third kappa shape index (κ3) is 7.51. The normalized spacial score (nSPS) is 31.2. The first-order chi connectivity index (χ1) is 22.9. The van der Waals surface area contributed by atoms with Gasteiger partial charge in [0.2, 0.25) is 0 Å². The molecule has 2 aliphatic heterocycles. The molecule has 10 nitrogen and oxygen atoms in total. The number of hydrogen-bond donors (Lipinski definition) is 6. The predicted molar refractivity (Wildman–Crippen MR) is 179 cm³/mol. The van der Waals surface area contributed by atoms with Crippen molar-refractivity contribution < 1.29 is 49.4 Å². The van der Waals surface area contributed by atoms with Crippen molar-refractivity contribution in [3.8, 4) is 0 Å². The van der Waals surface area contributed by atoms with E-state index >= 15 is 0 Å². The lowest BCUT2D eigenvalue weighted by molar-refractivity contribution is -0.371. The molecule has 0 aliphatic carbocycles. The van der Waals surface area contributed by atoms with Crippen LogP contribution in [0.15, 0.2) is 121 Å². The van der Waals surface area contributed by atoms with Crippen molar-refractivity contribution in [3.05, 3.63) is 121 Å². The fourth-order valence-corrected chi connectivity index (χ4v) is 10.7. The van der Waals surface area contributed by atoms with E-state index in [-0.39, 0.29) is 0 Å². The zero-order chi connectivity index (χ0) is 32.9. The highest BCUT2D eigenvalue weighted by molar-refractivity contribution is 7.73. The maximum Gasteiger partial charge on any atom is 0.189 e. The summed E-state index contributed by atoms with van der Waals surface area (Å²) in [6, 6.07) is 38.6. The molecular formula is C35H38O10P2. The number of benzene rings is 4. The summed E-state index contributed by atoms with van der Waals surface area (Å²) in [7, 11) is -3.01. The van der Waals surface area contributed by atoms with Gasteiger partial charge in [-0.25, -0.2) is 0 Å². The zero-order valence-corrected chi connectivity index (χ0v) is 27.0. The first kappa shape index (κ1) is 34.2. The lowest BCUT2D eigenvalue weighted by Crippen LogP contribution is -2.63. The molecule has 10 atom stereocenters. The van der Waals surface area contributed by atoms with Crippen molar-refractivity contribution in [2.24, 2.45) is 0 Å². The van der Waals surface area contributed by atoms with Crippen molar-refractivity contribution in [1.82, 2.24) is 0 Å². The van der Waals surface area contributed by atoms with E-state index in [1.54, 1.807) is 0 Å². The van der Waals surface area contributed by atoms with Crippen LogP contribution in [0.2, 0.25) is 0 Å². The van der Waals surface area contributed by atoms with Crippen LogP contribution < -0.4 is 21.2 Å². The van der Waals surface area contributed by atoms with E-state index < -0.39 is 83.8 Å². The summed E-state index contributed by atoms with van der Waals surface area (Å²) in [5, 5.41) is 68.1. The molecule has 0 bridgehead atoms. The van der Waals surface area contributed by atoms with Gasteiger partial charge >= 0.3 is 0 Å². The van der Waals surface area contributed by atoms with Gasteiger partial charge in [-0.3, -0.25) is 0 Å². The molecule has 0 aromatic heterocycles. The summed E-state index contributed by atoms with van der Waals surface area (Å²) in [5.74, 6) is 0. The molecule has 2 fully saturated rings. The monoisotopic (exact) mass is 680 g/mol. The molecule has 47 heavy (non-hydrogen) atoms. The lowest BCUT2D eigenvalue weighted by Gasteiger charge is -2.49. The molecule has 4 aromatic carbocycles. The van der Waals surface area contributed by atoms with Gasteiger partial charge in [-0.2, -0.15) is 0 Å². The summed E-state index contributed by atoms with van der Waals surface area (Å²) >= 11 is 0. The van der Waals surface area contributed by atoms with Crippen LogP contribution in [0.25, 0.3) is 0 Å². The average molecular weight is 681 g/mol. The maximum absolute atomic E-state index is 11.7. The van der Waals surface area contributed by atoms with Crippen LogP contribution in [0.3, 0.4) is 0 Å². The van der Waals surface area contributed by atoms with E-state index in [0.717, 1.165) is 21.2 Å². The van der Waals surface area contributed by atoms with Crippen LogP contribution in [0.5, 0.6) is 0 Å². The van der Waals surface area contributed by atoms with Crippen LogP contribution in [0.4, 0.5) is 0 Å². The van der Waals surface area contributed by atoms with Gasteiger partial charge in [0, 0.05) is 10.6 Å². The zero-order valence-electron chi connectivity index (χ0n) is 25.2. The molecule has 2 aliphatic rings. The van der Waals surface area contributed by atoms with Gasteiger partial charge in [-0.1, -0.05) is 121 Å². The van der Waals surface area contributed by atoms with Gasteiger partial charge in [0.1, 0.15) is 36.6 Å². The highest BCUT2D eigenvalue weighted by Crippen LogP contribution is 2.51. The van der Waals surface area contributed by atoms with Gasteiger partial charge in [0.05, 0.1) is 20.4 Å². The second-order valence-electron chi connectivity index (χ2n) is 11.3.